The first-order valence-electron chi connectivity index (χ1n) is 6.88. The molecular formula is C16H20O3S. The predicted octanol–water partition coefficient (Wildman–Crippen LogP) is 3.50. The maximum atomic E-state index is 11.8. The Morgan fingerprint density at radius 1 is 1.20 bits per heavy atom. The van der Waals surface area contributed by atoms with E-state index >= 15 is 0 Å². The van der Waals surface area contributed by atoms with E-state index in [4.69, 9.17) is 0 Å². The Hall–Kier alpha value is -1.39. The molecule has 1 aromatic carbocycles. The molecule has 0 heterocycles. The average Bonchev–Trinajstić information content (AvgIpc) is 2.45. The Balaban J connectivity index is 2.56. The second-order valence-electron chi connectivity index (χ2n) is 5.19. The summed E-state index contributed by atoms with van der Waals surface area (Å²) in [5.74, 6) is 0. The minimum absolute atomic E-state index is 0.681. The molecule has 0 radical (unpaired) electrons. The first-order valence-corrected chi connectivity index (χ1v) is 8.39. The van der Waals surface area contributed by atoms with Gasteiger partial charge in [0.2, 0.25) is 0 Å². The van der Waals surface area contributed by atoms with E-state index in [0.29, 0.717) is 6.42 Å². The average molecular weight is 292 g/mol. The van der Waals surface area contributed by atoms with Crippen LogP contribution in [0, 0.1) is 0 Å². The van der Waals surface area contributed by atoms with Crippen molar-refractivity contribution in [3.63, 3.8) is 0 Å². The monoisotopic (exact) mass is 292 g/mol. The molecular weight excluding hydrogens is 272 g/mol. The summed E-state index contributed by atoms with van der Waals surface area (Å²) in [5, 5.41) is -0.922. The molecule has 0 saturated carbocycles. The van der Waals surface area contributed by atoms with Crippen LogP contribution in [0.1, 0.15) is 31.7 Å². The third kappa shape index (κ3) is 2.86. The summed E-state index contributed by atoms with van der Waals surface area (Å²) in [6, 6.07) is 9.56. The summed E-state index contributed by atoms with van der Waals surface area (Å²) in [5.41, 5.74) is 0.247. The van der Waals surface area contributed by atoms with Crippen LogP contribution < -0.4 is 0 Å². The lowest BCUT2D eigenvalue weighted by atomic mass is 9.71. The summed E-state index contributed by atoms with van der Waals surface area (Å²) in [7, 11) is -4.15. The molecule has 0 amide bonds. The summed E-state index contributed by atoms with van der Waals surface area (Å²) >= 11 is 0. The molecule has 2 rings (SSSR count). The largest absolute Gasteiger partial charge is 0.285 e. The summed E-state index contributed by atoms with van der Waals surface area (Å²) in [6.45, 7) is 2.07. The van der Waals surface area contributed by atoms with Crippen molar-refractivity contribution >= 4 is 10.1 Å². The predicted molar refractivity (Wildman–Crippen MR) is 81.3 cm³/mol. The van der Waals surface area contributed by atoms with Crippen LogP contribution >= 0.6 is 0 Å². The first kappa shape index (κ1) is 15.0. The maximum absolute atomic E-state index is 11.8. The molecule has 3 nitrogen and oxygen atoms in total. The second kappa shape index (κ2) is 5.94. The van der Waals surface area contributed by atoms with Gasteiger partial charge in [-0.3, -0.25) is 4.55 Å². The Bertz CT molecular complexity index is 602. The van der Waals surface area contributed by atoms with Gasteiger partial charge in [0.15, 0.2) is 0 Å². The van der Waals surface area contributed by atoms with Crippen molar-refractivity contribution in [2.75, 3.05) is 0 Å². The molecule has 1 N–H and O–H groups in total. The molecule has 0 spiro atoms. The molecule has 0 saturated heterocycles. The van der Waals surface area contributed by atoms with E-state index in [2.05, 4.69) is 6.92 Å². The smallest absolute Gasteiger partial charge is 0.272 e. The van der Waals surface area contributed by atoms with Gasteiger partial charge in [-0.25, -0.2) is 0 Å². The van der Waals surface area contributed by atoms with Crippen molar-refractivity contribution in [3.05, 3.63) is 60.2 Å². The first-order chi connectivity index (χ1) is 9.50. The van der Waals surface area contributed by atoms with E-state index in [9.17, 15) is 13.0 Å². The molecule has 0 aromatic heterocycles. The zero-order valence-corrected chi connectivity index (χ0v) is 12.4. The lowest BCUT2D eigenvalue weighted by molar-refractivity contribution is 0.416. The molecule has 108 valence electrons. The van der Waals surface area contributed by atoms with Crippen LogP contribution in [0.25, 0.3) is 0 Å². The fourth-order valence-electron chi connectivity index (χ4n) is 2.87. The molecule has 1 aliphatic rings. The molecule has 1 aromatic rings. The third-order valence-electron chi connectivity index (χ3n) is 3.87. The number of allylic oxidation sites excluding steroid dienone is 3. The van der Waals surface area contributed by atoms with Crippen molar-refractivity contribution < 1.29 is 13.0 Å². The molecule has 2 atom stereocenters. The molecule has 0 fully saturated rings. The SMILES string of the molecule is CCCCC1(c2ccccc2)C=CC=CC1S(=O)(=O)O. The van der Waals surface area contributed by atoms with Gasteiger partial charge in [0.25, 0.3) is 10.1 Å². The minimum Gasteiger partial charge on any atom is -0.285 e. The van der Waals surface area contributed by atoms with Crippen LogP contribution in [-0.2, 0) is 15.5 Å². The topological polar surface area (TPSA) is 54.4 Å². The number of unbranched alkanes of at least 4 members (excludes halogenated alkanes) is 1. The standard InChI is InChI=1S/C16H20O3S/c1-2-3-12-16(14-9-5-4-6-10-14)13-8-7-11-15(16)20(17,18)19/h4-11,13,15H,2-3,12H2,1H3,(H,17,18,19). The van der Waals surface area contributed by atoms with Gasteiger partial charge in [-0.1, -0.05) is 74.4 Å². The van der Waals surface area contributed by atoms with Crippen LogP contribution in [0.15, 0.2) is 54.6 Å². The van der Waals surface area contributed by atoms with E-state index in [1.807, 2.05) is 42.5 Å². The Kier molecular flexibility index (Phi) is 4.45. The molecule has 20 heavy (non-hydrogen) atoms. The van der Waals surface area contributed by atoms with Gasteiger partial charge in [-0.05, 0) is 12.0 Å². The minimum atomic E-state index is -4.15. The highest BCUT2D eigenvalue weighted by Gasteiger charge is 2.44. The fraction of sp³-hybridized carbons (Fsp3) is 0.375. The Labute approximate surface area is 120 Å². The van der Waals surface area contributed by atoms with Gasteiger partial charge in [0.05, 0.1) is 0 Å². The van der Waals surface area contributed by atoms with Crippen LogP contribution in [0.4, 0.5) is 0 Å². The van der Waals surface area contributed by atoms with E-state index in [1.54, 1.807) is 12.2 Å². The van der Waals surface area contributed by atoms with Crippen LogP contribution in [0.3, 0.4) is 0 Å². The summed E-state index contributed by atoms with van der Waals surface area (Å²) < 4.78 is 33.2. The third-order valence-corrected chi connectivity index (χ3v) is 5.09. The number of benzene rings is 1. The van der Waals surface area contributed by atoms with Gasteiger partial charge >= 0.3 is 0 Å². The normalized spacial score (nSPS) is 25.8. The van der Waals surface area contributed by atoms with E-state index in [1.165, 1.54) is 0 Å². The van der Waals surface area contributed by atoms with Crippen molar-refractivity contribution in [2.45, 2.75) is 36.9 Å². The van der Waals surface area contributed by atoms with Crippen LogP contribution in [0.2, 0.25) is 0 Å². The van der Waals surface area contributed by atoms with Crippen LogP contribution in [-0.4, -0.2) is 18.2 Å². The second-order valence-corrected chi connectivity index (χ2v) is 6.73. The van der Waals surface area contributed by atoms with Crippen molar-refractivity contribution in [1.29, 1.82) is 0 Å². The zero-order chi connectivity index (χ0) is 14.6. The highest BCUT2D eigenvalue weighted by atomic mass is 32.2. The quantitative estimate of drug-likeness (QED) is 0.845. The number of hydrogen-bond acceptors (Lipinski definition) is 2. The van der Waals surface area contributed by atoms with Gasteiger partial charge in [-0.15, -0.1) is 0 Å². The molecule has 0 aliphatic heterocycles. The number of hydrogen-bond donors (Lipinski definition) is 1. The van der Waals surface area contributed by atoms with Gasteiger partial charge < -0.3 is 0 Å². The zero-order valence-electron chi connectivity index (χ0n) is 11.6. The molecule has 4 heteroatoms. The van der Waals surface area contributed by atoms with E-state index < -0.39 is 20.8 Å². The molecule has 0 bridgehead atoms. The lowest BCUT2D eigenvalue weighted by Crippen LogP contribution is -2.43. The lowest BCUT2D eigenvalue weighted by Gasteiger charge is -2.37. The molecule has 2 unspecified atom stereocenters. The highest BCUT2D eigenvalue weighted by Crippen LogP contribution is 2.40. The van der Waals surface area contributed by atoms with Crippen molar-refractivity contribution in [2.24, 2.45) is 0 Å². The summed E-state index contributed by atoms with van der Waals surface area (Å²) in [4.78, 5) is 0. The maximum Gasteiger partial charge on any atom is 0.272 e. The summed E-state index contributed by atoms with van der Waals surface area (Å²) in [6.07, 6.45) is 9.62. The fourth-order valence-corrected chi connectivity index (χ4v) is 4.03. The van der Waals surface area contributed by atoms with E-state index in [-0.39, 0.29) is 0 Å². The molecule has 1 aliphatic carbocycles. The number of rotatable bonds is 5. The van der Waals surface area contributed by atoms with Crippen LogP contribution in [0.5, 0.6) is 0 Å². The highest BCUT2D eigenvalue weighted by molar-refractivity contribution is 7.86. The van der Waals surface area contributed by atoms with Crippen molar-refractivity contribution in [3.8, 4) is 0 Å². The Morgan fingerprint density at radius 2 is 1.90 bits per heavy atom. The Morgan fingerprint density at radius 3 is 2.50 bits per heavy atom. The van der Waals surface area contributed by atoms with Gasteiger partial charge in [-0.2, -0.15) is 8.42 Å². The van der Waals surface area contributed by atoms with E-state index in [0.717, 1.165) is 18.4 Å². The van der Waals surface area contributed by atoms with Gasteiger partial charge in [0, 0.05) is 5.41 Å². The van der Waals surface area contributed by atoms with Crippen molar-refractivity contribution in [1.82, 2.24) is 0 Å². The van der Waals surface area contributed by atoms with Gasteiger partial charge in [0.1, 0.15) is 5.25 Å².